The third-order valence-corrected chi connectivity index (χ3v) is 9.45. The highest BCUT2D eigenvalue weighted by molar-refractivity contribution is 7.99. The Balaban J connectivity index is 1.35. The van der Waals surface area contributed by atoms with Crippen LogP contribution in [0.5, 0.6) is 5.75 Å². The van der Waals surface area contributed by atoms with Crippen LogP contribution in [-0.4, -0.2) is 65.6 Å². The van der Waals surface area contributed by atoms with Crippen LogP contribution in [0.1, 0.15) is 40.9 Å². The predicted octanol–water partition coefficient (Wildman–Crippen LogP) is 7.39. The fourth-order valence-corrected chi connectivity index (χ4v) is 6.61. The van der Waals surface area contributed by atoms with Gasteiger partial charge in [-0.15, -0.1) is 0 Å². The van der Waals surface area contributed by atoms with Crippen LogP contribution in [0.15, 0.2) is 107 Å². The molecule has 0 bridgehead atoms. The van der Waals surface area contributed by atoms with Gasteiger partial charge in [0.25, 0.3) is 5.91 Å². The Hall–Kier alpha value is -4.32. The van der Waals surface area contributed by atoms with Crippen molar-refractivity contribution in [3.63, 3.8) is 0 Å². The van der Waals surface area contributed by atoms with Crippen molar-refractivity contribution >= 4 is 29.3 Å². The third kappa shape index (κ3) is 9.44. The number of carbonyl (C=O) groups excluding carboxylic acids is 2. The molecule has 3 atom stereocenters. The van der Waals surface area contributed by atoms with Crippen molar-refractivity contribution in [1.29, 1.82) is 0 Å². The molecule has 5 rings (SSSR count). The Morgan fingerprint density at radius 1 is 1.00 bits per heavy atom. The summed E-state index contributed by atoms with van der Waals surface area (Å²) in [5, 5.41) is 12.8. The van der Waals surface area contributed by atoms with Gasteiger partial charge in [0.15, 0.2) is 5.75 Å². The van der Waals surface area contributed by atoms with Crippen molar-refractivity contribution in [3.05, 3.63) is 119 Å². The van der Waals surface area contributed by atoms with Crippen LogP contribution in [-0.2, 0) is 23.9 Å². The number of hydrogen-bond donors (Lipinski definition) is 2. The number of anilines is 1. The number of para-hydroxylation sites is 1. The maximum Gasteiger partial charge on any atom is 0.416 e. The van der Waals surface area contributed by atoms with Gasteiger partial charge in [-0.25, -0.2) is 0 Å². The van der Waals surface area contributed by atoms with E-state index in [2.05, 4.69) is 46.6 Å². The molecule has 0 spiro atoms. The molecule has 258 valence electrons. The van der Waals surface area contributed by atoms with Crippen molar-refractivity contribution < 1.29 is 32.6 Å². The summed E-state index contributed by atoms with van der Waals surface area (Å²) < 4.78 is 46.4. The molecule has 49 heavy (non-hydrogen) atoms. The first-order valence-corrected chi connectivity index (χ1v) is 16.9. The summed E-state index contributed by atoms with van der Waals surface area (Å²) in [6, 6.07) is 27.6. The summed E-state index contributed by atoms with van der Waals surface area (Å²) in [7, 11) is 1.99. The number of aliphatic hydroxyl groups excluding tert-OH is 1. The lowest BCUT2D eigenvalue weighted by atomic mass is 9.98. The summed E-state index contributed by atoms with van der Waals surface area (Å²) in [6.07, 6.45) is -5.25. The standard InChI is InChI=1S/C38H40F3N3O4S/c1-25-21-44(26(2)24-45)37(47)32-13-8-14-33(42-35(46)20-28-9-7-10-29(19-28)38(39,40)41)36(32)48-34(25)23-43(3)22-27-15-17-31(18-16-27)49-30-11-5-4-6-12-30/h4-19,25-26,34,45H,20-24H2,1-3H3,(H,42,46)/t25-,26?,34-/m1/s1. The van der Waals surface area contributed by atoms with E-state index < -0.39 is 29.8 Å². The quantitative estimate of drug-likeness (QED) is 0.171. The fourth-order valence-electron chi connectivity index (χ4n) is 5.77. The van der Waals surface area contributed by atoms with Crippen molar-refractivity contribution in [1.82, 2.24) is 9.80 Å². The average Bonchev–Trinajstić information content (AvgIpc) is 3.07. The molecular weight excluding hydrogens is 651 g/mol. The van der Waals surface area contributed by atoms with E-state index >= 15 is 0 Å². The minimum Gasteiger partial charge on any atom is -0.486 e. The van der Waals surface area contributed by atoms with Crippen molar-refractivity contribution in [3.8, 4) is 5.75 Å². The average molecular weight is 692 g/mol. The molecule has 0 radical (unpaired) electrons. The number of hydrogen-bond acceptors (Lipinski definition) is 6. The number of ether oxygens (including phenoxy) is 1. The van der Waals surface area contributed by atoms with Gasteiger partial charge >= 0.3 is 6.18 Å². The number of halogens is 3. The van der Waals surface area contributed by atoms with Gasteiger partial charge in [0.2, 0.25) is 5.91 Å². The molecule has 1 heterocycles. The van der Waals surface area contributed by atoms with Gasteiger partial charge in [0, 0.05) is 35.3 Å². The molecule has 1 unspecified atom stereocenters. The summed E-state index contributed by atoms with van der Waals surface area (Å²) in [6.45, 7) is 5.00. The smallest absolute Gasteiger partial charge is 0.416 e. The summed E-state index contributed by atoms with van der Waals surface area (Å²) in [5.41, 5.74) is 0.950. The minimum atomic E-state index is -4.53. The summed E-state index contributed by atoms with van der Waals surface area (Å²) >= 11 is 1.69. The van der Waals surface area contributed by atoms with Gasteiger partial charge in [0.1, 0.15) is 6.10 Å². The largest absolute Gasteiger partial charge is 0.486 e. The molecule has 2 N–H and O–H groups in total. The van der Waals surface area contributed by atoms with Crippen LogP contribution in [0.3, 0.4) is 0 Å². The molecule has 1 aliphatic heterocycles. The van der Waals surface area contributed by atoms with E-state index in [1.165, 1.54) is 12.1 Å². The van der Waals surface area contributed by atoms with Gasteiger partial charge in [-0.05, 0) is 67.6 Å². The number of fused-ring (bicyclic) bond motifs is 1. The second-order valence-corrected chi connectivity index (χ2v) is 13.6. The van der Waals surface area contributed by atoms with Crippen molar-refractivity contribution in [2.75, 3.05) is 32.1 Å². The molecule has 11 heteroatoms. The van der Waals surface area contributed by atoms with E-state index in [1.807, 2.05) is 32.2 Å². The molecule has 2 amide bonds. The van der Waals surface area contributed by atoms with Gasteiger partial charge in [-0.3, -0.25) is 14.5 Å². The normalized spacial score (nSPS) is 17.1. The van der Waals surface area contributed by atoms with E-state index in [4.69, 9.17) is 4.74 Å². The number of amides is 2. The first kappa shape index (κ1) is 36.0. The molecule has 0 aliphatic carbocycles. The maximum absolute atomic E-state index is 13.8. The summed E-state index contributed by atoms with van der Waals surface area (Å²) in [4.78, 5) is 33.0. The van der Waals surface area contributed by atoms with E-state index in [0.717, 1.165) is 27.5 Å². The number of rotatable bonds is 11. The molecule has 0 fully saturated rings. The SMILES string of the molecule is CC(CO)N1C[C@@H](C)[C@@H](CN(C)Cc2ccc(Sc3ccccc3)cc2)Oc2c(NC(=O)Cc3cccc(C(F)(F)F)c3)cccc2C1=O. The molecule has 0 aromatic heterocycles. The second-order valence-electron chi connectivity index (χ2n) is 12.5. The molecule has 4 aromatic carbocycles. The lowest BCUT2D eigenvalue weighted by Crippen LogP contribution is -2.49. The Morgan fingerprint density at radius 3 is 2.39 bits per heavy atom. The highest BCUT2D eigenvalue weighted by atomic mass is 32.2. The molecule has 1 aliphatic rings. The monoisotopic (exact) mass is 691 g/mol. The van der Waals surface area contributed by atoms with E-state index in [-0.39, 0.29) is 47.4 Å². The van der Waals surface area contributed by atoms with Gasteiger partial charge in [-0.1, -0.05) is 73.3 Å². The first-order valence-electron chi connectivity index (χ1n) is 16.1. The van der Waals surface area contributed by atoms with Crippen LogP contribution in [0.4, 0.5) is 18.9 Å². The van der Waals surface area contributed by atoms with Gasteiger partial charge < -0.3 is 20.1 Å². The van der Waals surface area contributed by atoms with Crippen LogP contribution in [0.25, 0.3) is 0 Å². The molecular formula is C38H40F3N3O4S. The zero-order valence-electron chi connectivity index (χ0n) is 27.6. The van der Waals surface area contributed by atoms with Crippen LogP contribution in [0, 0.1) is 5.92 Å². The van der Waals surface area contributed by atoms with E-state index in [1.54, 1.807) is 41.8 Å². The molecule has 0 saturated carbocycles. The lowest BCUT2D eigenvalue weighted by Gasteiger charge is -2.38. The maximum atomic E-state index is 13.8. The molecule has 4 aromatic rings. The van der Waals surface area contributed by atoms with Crippen LogP contribution in [0.2, 0.25) is 0 Å². The zero-order chi connectivity index (χ0) is 35.1. The van der Waals surface area contributed by atoms with Gasteiger partial charge in [0.05, 0.1) is 35.9 Å². The van der Waals surface area contributed by atoms with Gasteiger partial charge in [-0.2, -0.15) is 13.2 Å². The Labute approximate surface area is 289 Å². The lowest BCUT2D eigenvalue weighted by molar-refractivity contribution is -0.137. The Bertz CT molecular complexity index is 1740. The highest BCUT2D eigenvalue weighted by Crippen LogP contribution is 2.36. The van der Waals surface area contributed by atoms with Crippen molar-refractivity contribution in [2.24, 2.45) is 5.92 Å². The second kappa shape index (κ2) is 15.9. The van der Waals surface area contributed by atoms with Crippen LogP contribution < -0.4 is 10.1 Å². The number of aliphatic hydroxyl groups is 1. The first-order chi connectivity index (χ1) is 23.4. The van der Waals surface area contributed by atoms with Crippen LogP contribution >= 0.6 is 11.8 Å². The highest BCUT2D eigenvalue weighted by Gasteiger charge is 2.35. The van der Waals surface area contributed by atoms with Crippen molar-refractivity contribution in [2.45, 2.75) is 54.9 Å². The van der Waals surface area contributed by atoms with E-state index in [0.29, 0.717) is 19.6 Å². The number of benzene rings is 4. The number of nitrogens with one attached hydrogen (secondary N) is 1. The minimum absolute atomic E-state index is 0.160. The molecule has 7 nitrogen and oxygen atoms in total. The fraction of sp³-hybridized carbons (Fsp3) is 0.316. The topological polar surface area (TPSA) is 82.1 Å². The van der Waals surface area contributed by atoms with E-state index in [9.17, 15) is 27.9 Å². The number of alkyl halides is 3. The predicted molar refractivity (Wildman–Crippen MR) is 185 cm³/mol. The number of likely N-dealkylation sites (N-methyl/N-ethyl adjacent to an activating group) is 1. The Kier molecular flexibility index (Phi) is 11.7. The third-order valence-electron chi connectivity index (χ3n) is 8.43. The molecule has 0 saturated heterocycles. The summed E-state index contributed by atoms with van der Waals surface area (Å²) in [5.74, 6) is -0.876. The zero-order valence-corrected chi connectivity index (χ0v) is 28.4. The Morgan fingerprint density at radius 2 is 1.69 bits per heavy atom. The number of nitrogens with zero attached hydrogens (tertiary/aromatic N) is 2. The number of carbonyl (C=O) groups is 2.